The number of carbonyl (C=O) groups excluding carboxylic acids is 1. The number of hydrogen-bond donors (Lipinski definition) is 0. The van der Waals surface area contributed by atoms with Crippen LogP contribution in [0.4, 0.5) is 0 Å². The molecule has 0 N–H and O–H groups in total. The number of aldehydes is 1. The van der Waals surface area contributed by atoms with Gasteiger partial charge in [0.05, 0.1) is 0 Å². The fourth-order valence-corrected chi connectivity index (χ4v) is 1.93. The third kappa shape index (κ3) is 2.28. The highest BCUT2D eigenvalue weighted by Crippen LogP contribution is 2.25. The summed E-state index contributed by atoms with van der Waals surface area (Å²) < 4.78 is 0. The maximum Gasteiger partial charge on any atom is 0.150 e. The van der Waals surface area contributed by atoms with E-state index in [1.807, 2.05) is 19.1 Å². The van der Waals surface area contributed by atoms with Crippen molar-refractivity contribution in [3.8, 4) is 11.1 Å². The number of benzene rings is 2. The highest BCUT2D eigenvalue weighted by molar-refractivity contribution is 5.88. The SMILES string of the molecule is Cc1ccc(C=O)c(-c2ccc(C)c(C)c2)c1. The Labute approximate surface area is 102 Å². The molecule has 0 aliphatic rings. The average molecular weight is 224 g/mol. The Bertz CT molecular complexity index is 568. The van der Waals surface area contributed by atoms with Crippen molar-refractivity contribution >= 4 is 6.29 Å². The van der Waals surface area contributed by atoms with Crippen LogP contribution in [0.3, 0.4) is 0 Å². The lowest BCUT2D eigenvalue weighted by Crippen LogP contribution is -1.90. The molecule has 0 atom stereocenters. The monoisotopic (exact) mass is 224 g/mol. The minimum absolute atomic E-state index is 0.749. The molecular weight excluding hydrogens is 208 g/mol. The van der Waals surface area contributed by atoms with Gasteiger partial charge in [-0.25, -0.2) is 0 Å². The summed E-state index contributed by atoms with van der Waals surface area (Å²) >= 11 is 0. The molecular formula is C16H16O. The van der Waals surface area contributed by atoms with E-state index in [4.69, 9.17) is 0 Å². The van der Waals surface area contributed by atoms with Crippen LogP contribution in [0.2, 0.25) is 0 Å². The van der Waals surface area contributed by atoms with E-state index in [1.54, 1.807) is 0 Å². The predicted molar refractivity (Wildman–Crippen MR) is 71.5 cm³/mol. The van der Waals surface area contributed by atoms with E-state index in [0.717, 1.165) is 23.0 Å². The number of hydrogen-bond acceptors (Lipinski definition) is 1. The Kier molecular flexibility index (Phi) is 3.10. The molecule has 0 aliphatic heterocycles. The molecule has 0 spiro atoms. The van der Waals surface area contributed by atoms with E-state index in [0.29, 0.717) is 0 Å². The normalized spacial score (nSPS) is 10.3. The summed E-state index contributed by atoms with van der Waals surface area (Å²) in [5.74, 6) is 0. The minimum atomic E-state index is 0.749. The Balaban J connectivity index is 2.62. The molecule has 1 heteroatoms. The first kappa shape index (κ1) is 11.6. The van der Waals surface area contributed by atoms with Gasteiger partial charge in [0.1, 0.15) is 0 Å². The zero-order valence-electron chi connectivity index (χ0n) is 10.4. The second kappa shape index (κ2) is 4.54. The molecule has 86 valence electrons. The fraction of sp³-hybridized carbons (Fsp3) is 0.188. The van der Waals surface area contributed by atoms with Gasteiger partial charge < -0.3 is 0 Å². The minimum Gasteiger partial charge on any atom is -0.298 e. The van der Waals surface area contributed by atoms with Crippen molar-refractivity contribution in [1.82, 2.24) is 0 Å². The molecule has 17 heavy (non-hydrogen) atoms. The van der Waals surface area contributed by atoms with E-state index in [1.165, 1.54) is 16.7 Å². The van der Waals surface area contributed by atoms with Gasteiger partial charge >= 0.3 is 0 Å². The molecule has 0 unspecified atom stereocenters. The number of aryl methyl sites for hydroxylation is 3. The quantitative estimate of drug-likeness (QED) is 0.702. The molecule has 0 amide bonds. The largest absolute Gasteiger partial charge is 0.298 e. The number of rotatable bonds is 2. The molecule has 0 fully saturated rings. The first-order chi connectivity index (χ1) is 8.11. The van der Waals surface area contributed by atoms with Crippen LogP contribution in [0.25, 0.3) is 11.1 Å². The first-order valence-electron chi connectivity index (χ1n) is 5.75. The van der Waals surface area contributed by atoms with E-state index in [9.17, 15) is 4.79 Å². The third-order valence-corrected chi connectivity index (χ3v) is 3.15. The Morgan fingerprint density at radius 3 is 2.29 bits per heavy atom. The van der Waals surface area contributed by atoms with E-state index < -0.39 is 0 Å². The van der Waals surface area contributed by atoms with Crippen molar-refractivity contribution < 1.29 is 4.79 Å². The van der Waals surface area contributed by atoms with Crippen molar-refractivity contribution in [3.05, 3.63) is 58.7 Å². The maximum absolute atomic E-state index is 11.1. The Morgan fingerprint density at radius 1 is 0.882 bits per heavy atom. The van der Waals surface area contributed by atoms with Crippen LogP contribution in [0.1, 0.15) is 27.0 Å². The van der Waals surface area contributed by atoms with Crippen LogP contribution < -0.4 is 0 Å². The summed E-state index contributed by atoms with van der Waals surface area (Å²) in [7, 11) is 0. The third-order valence-electron chi connectivity index (χ3n) is 3.15. The van der Waals surface area contributed by atoms with Gasteiger partial charge in [0.25, 0.3) is 0 Å². The zero-order chi connectivity index (χ0) is 12.4. The predicted octanol–water partition coefficient (Wildman–Crippen LogP) is 4.09. The first-order valence-corrected chi connectivity index (χ1v) is 5.75. The van der Waals surface area contributed by atoms with Gasteiger partial charge in [-0.2, -0.15) is 0 Å². The highest BCUT2D eigenvalue weighted by atomic mass is 16.1. The van der Waals surface area contributed by atoms with Gasteiger partial charge in [-0.1, -0.05) is 42.0 Å². The lowest BCUT2D eigenvalue weighted by molar-refractivity contribution is 0.112. The molecule has 1 nitrogen and oxygen atoms in total. The molecule has 0 heterocycles. The standard InChI is InChI=1S/C16H16O/c1-11-4-6-15(10-17)16(8-11)14-7-5-12(2)13(3)9-14/h4-10H,1-3H3. The van der Waals surface area contributed by atoms with Crippen LogP contribution in [0.15, 0.2) is 36.4 Å². The van der Waals surface area contributed by atoms with E-state index >= 15 is 0 Å². The summed E-state index contributed by atoms with van der Waals surface area (Å²) in [6, 6.07) is 12.2. The Morgan fingerprint density at radius 2 is 1.65 bits per heavy atom. The highest BCUT2D eigenvalue weighted by Gasteiger charge is 2.05. The Hall–Kier alpha value is -1.89. The van der Waals surface area contributed by atoms with Crippen LogP contribution in [-0.2, 0) is 0 Å². The summed E-state index contributed by atoms with van der Waals surface area (Å²) in [5.41, 5.74) is 6.57. The molecule has 0 saturated carbocycles. The smallest absolute Gasteiger partial charge is 0.150 e. The van der Waals surface area contributed by atoms with Crippen molar-refractivity contribution in [2.45, 2.75) is 20.8 Å². The molecule has 0 aromatic heterocycles. The van der Waals surface area contributed by atoms with E-state index in [2.05, 4.69) is 38.1 Å². The van der Waals surface area contributed by atoms with Crippen LogP contribution >= 0.6 is 0 Å². The fourth-order valence-electron chi connectivity index (χ4n) is 1.93. The van der Waals surface area contributed by atoms with E-state index in [-0.39, 0.29) is 0 Å². The molecule has 2 aromatic rings. The van der Waals surface area contributed by atoms with Gasteiger partial charge in [0.15, 0.2) is 6.29 Å². The summed E-state index contributed by atoms with van der Waals surface area (Å²) in [6.07, 6.45) is 0.921. The lowest BCUT2D eigenvalue weighted by Gasteiger charge is -2.09. The number of carbonyl (C=O) groups is 1. The van der Waals surface area contributed by atoms with Crippen molar-refractivity contribution in [2.75, 3.05) is 0 Å². The second-order valence-electron chi connectivity index (χ2n) is 4.51. The summed E-state index contributed by atoms with van der Waals surface area (Å²) in [5, 5.41) is 0. The molecule has 0 aliphatic carbocycles. The summed E-state index contributed by atoms with van der Waals surface area (Å²) in [6.45, 7) is 6.23. The zero-order valence-corrected chi connectivity index (χ0v) is 10.4. The van der Waals surface area contributed by atoms with Crippen molar-refractivity contribution in [1.29, 1.82) is 0 Å². The molecule has 0 saturated heterocycles. The van der Waals surface area contributed by atoms with Gasteiger partial charge in [0.2, 0.25) is 0 Å². The second-order valence-corrected chi connectivity index (χ2v) is 4.51. The van der Waals surface area contributed by atoms with Gasteiger partial charge in [-0.3, -0.25) is 4.79 Å². The van der Waals surface area contributed by atoms with Crippen molar-refractivity contribution in [3.63, 3.8) is 0 Å². The lowest BCUT2D eigenvalue weighted by atomic mass is 9.95. The van der Waals surface area contributed by atoms with Crippen molar-refractivity contribution in [2.24, 2.45) is 0 Å². The maximum atomic E-state index is 11.1. The average Bonchev–Trinajstić information content (AvgIpc) is 2.32. The molecule has 0 radical (unpaired) electrons. The van der Waals surface area contributed by atoms with Gasteiger partial charge in [-0.05, 0) is 43.0 Å². The van der Waals surface area contributed by atoms with Crippen LogP contribution in [0, 0.1) is 20.8 Å². The molecule has 2 aromatic carbocycles. The summed E-state index contributed by atoms with van der Waals surface area (Å²) in [4.78, 5) is 11.1. The van der Waals surface area contributed by atoms with Gasteiger partial charge in [-0.15, -0.1) is 0 Å². The molecule has 2 rings (SSSR count). The topological polar surface area (TPSA) is 17.1 Å². The van der Waals surface area contributed by atoms with Crippen LogP contribution in [0.5, 0.6) is 0 Å². The van der Waals surface area contributed by atoms with Gasteiger partial charge in [0, 0.05) is 5.56 Å². The van der Waals surface area contributed by atoms with Crippen LogP contribution in [-0.4, -0.2) is 6.29 Å². The molecule has 0 bridgehead atoms.